The molecule has 0 bridgehead atoms. The molecule has 192 valence electrons. The zero-order valence-electron chi connectivity index (χ0n) is 21.7. The highest BCUT2D eigenvalue weighted by molar-refractivity contribution is 6.05. The van der Waals surface area contributed by atoms with Crippen LogP contribution in [0.2, 0.25) is 0 Å². The summed E-state index contributed by atoms with van der Waals surface area (Å²) in [4.78, 5) is 29.5. The number of fused-ring (bicyclic) bond motifs is 3. The Kier molecular flexibility index (Phi) is 7.59. The quantitative estimate of drug-likeness (QED) is 0.543. The van der Waals surface area contributed by atoms with Gasteiger partial charge in [-0.25, -0.2) is 0 Å². The largest absolute Gasteiger partial charge is 0.496 e. The SMILES string of the molecule is CCOCCCN1C(=O)c2cc3c(OC)ccc(OC)c3n2C[C@@]1(C)C(=O)NC1CCC(C)CC1. The molecule has 4 rings (SSSR count). The summed E-state index contributed by atoms with van der Waals surface area (Å²) in [5.41, 5.74) is 0.269. The van der Waals surface area contributed by atoms with Crippen molar-refractivity contribution in [3.8, 4) is 11.5 Å². The van der Waals surface area contributed by atoms with Crippen LogP contribution in [0.5, 0.6) is 11.5 Å². The van der Waals surface area contributed by atoms with Crippen LogP contribution in [-0.4, -0.2) is 66.8 Å². The van der Waals surface area contributed by atoms with Gasteiger partial charge in [-0.15, -0.1) is 0 Å². The van der Waals surface area contributed by atoms with E-state index >= 15 is 0 Å². The molecule has 1 aliphatic carbocycles. The van der Waals surface area contributed by atoms with Crippen molar-refractivity contribution in [3.05, 3.63) is 23.9 Å². The van der Waals surface area contributed by atoms with Crippen molar-refractivity contribution in [3.63, 3.8) is 0 Å². The average Bonchev–Trinajstić information content (AvgIpc) is 3.23. The number of nitrogens with zero attached hydrogens (tertiary/aromatic N) is 2. The Morgan fingerprint density at radius 2 is 1.83 bits per heavy atom. The number of methoxy groups -OCH3 is 2. The van der Waals surface area contributed by atoms with E-state index in [0.29, 0.717) is 55.8 Å². The fourth-order valence-electron chi connectivity index (χ4n) is 5.52. The second kappa shape index (κ2) is 10.5. The Morgan fingerprint density at radius 3 is 2.49 bits per heavy atom. The molecule has 2 aromatic rings. The zero-order chi connectivity index (χ0) is 25.2. The summed E-state index contributed by atoms with van der Waals surface area (Å²) in [6, 6.07) is 5.68. The second-order valence-electron chi connectivity index (χ2n) is 10.1. The summed E-state index contributed by atoms with van der Waals surface area (Å²) >= 11 is 0. The molecule has 1 N–H and O–H groups in total. The normalized spacial score (nSPS) is 24.4. The van der Waals surface area contributed by atoms with Crippen LogP contribution in [-0.2, 0) is 16.1 Å². The fourth-order valence-corrected chi connectivity index (χ4v) is 5.52. The Hall–Kier alpha value is -2.74. The van der Waals surface area contributed by atoms with Gasteiger partial charge in [0, 0.05) is 31.2 Å². The molecule has 35 heavy (non-hydrogen) atoms. The van der Waals surface area contributed by atoms with Crippen molar-refractivity contribution < 1.29 is 23.8 Å². The van der Waals surface area contributed by atoms with Gasteiger partial charge in [0.05, 0.1) is 26.3 Å². The highest BCUT2D eigenvalue weighted by atomic mass is 16.5. The molecule has 0 unspecified atom stereocenters. The van der Waals surface area contributed by atoms with Crippen LogP contribution < -0.4 is 14.8 Å². The van der Waals surface area contributed by atoms with Gasteiger partial charge in [0.2, 0.25) is 5.91 Å². The van der Waals surface area contributed by atoms with E-state index in [4.69, 9.17) is 14.2 Å². The minimum absolute atomic E-state index is 0.101. The highest BCUT2D eigenvalue weighted by Crippen LogP contribution is 2.40. The minimum Gasteiger partial charge on any atom is -0.496 e. The number of carbonyl (C=O) groups excluding carboxylic acids is 2. The summed E-state index contributed by atoms with van der Waals surface area (Å²) in [6.07, 6.45) is 4.84. The molecule has 2 heterocycles. The van der Waals surface area contributed by atoms with Gasteiger partial charge >= 0.3 is 0 Å². The van der Waals surface area contributed by atoms with E-state index in [-0.39, 0.29) is 17.9 Å². The van der Waals surface area contributed by atoms with Gasteiger partial charge in [-0.3, -0.25) is 9.59 Å². The number of carbonyl (C=O) groups is 2. The summed E-state index contributed by atoms with van der Waals surface area (Å²) in [6.45, 7) is 8.05. The Labute approximate surface area is 207 Å². The molecule has 1 aliphatic heterocycles. The summed E-state index contributed by atoms with van der Waals surface area (Å²) in [7, 11) is 3.23. The van der Waals surface area contributed by atoms with Gasteiger partial charge in [-0.05, 0) is 70.1 Å². The lowest BCUT2D eigenvalue weighted by molar-refractivity contribution is -0.134. The molecule has 1 aromatic carbocycles. The van der Waals surface area contributed by atoms with Crippen LogP contribution in [0.3, 0.4) is 0 Å². The second-order valence-corrected chi connectivity index (χ2v) is 10.1. The van der Waals surface area contributed by atoms with Crippen LogP contribution in [0.1, 0.15) is 63.4 Å². The third kappa shape index (κ3) is 4.73. The first-order valence-electron chi connectivity index (χ1n) is 12.8. The summed E-state index contributed by atoms with van der Waals surface area (Å²) in [5, 5.41) is 4.09. The molecule has 0 radical (unpaired) electrons. The molecule has 0 spiro atoms. The third-order valence-corrected chi connectivity index (χ3v) is 7.66. The predicted octanol–water partition coefficient (Wildman–Crippen LogP) is 3.99. The molecule has 8 nitrogen and oxygen atoms in total. The number of nitrogens with one attached hydrogen (secondary N) is 1. The van der Waals surface area contributed by atoms with E-state index in [2.05, 4.69) is 12.2 Å². The summed E-state index contributed by atoms with van der Waals surface area (Å²) in [5.74, 6) is 1.75. The number of benzene rings is 1. The van der Waals surface area contributed by atoms with Gasteiger partial charge in [0.1, 0.15) is 22.7 Å². The molecule has 0 saturated heterocycles. The van der Waals surface area contributed by atoms with Gasteiger partial charge in [0.15, 0.2) is 0 Å². The highest BCUT2D eigenvalue weighted by Gasteiger charge is 2.48. The molecule has 2 amide bonds. The lowest BCUT2D eigenvalue weighted by Gasteiger charge is -2.45. The van der Waals surface area contributed by atoms with E-state index in [1.165, 1.54) is 0 Å². The fraction of sp³-hybridized carbons (Fsp3) is 0.630. The molecule has 1 aromatic heterocycles. The van der Waals surface area contributed by atoms with Crippen molar-refractivity contribution in [1.29, 1.82) is 0 Å². The first kappa shape index (κ1) is 25.4. The number of rotatable bonds is 9. The number of hydrogen-bond donors (Lipinski definition) is 1. The van der Waals surface area contributed by atoms with Crippen LogP contribution in [0.4, 0.5) is 0 Å². The lowest BCUT2D eigenvalue weighted by atomic mass is 9.86. The first-order valence-corrected chi connectivity index (χ1v) is 12.8. The molecule has 2 aliphatic rings. The van der Waals surface area contributed by atoms with Gasteiger partial charge in [-0.2, -0.15) is 0 Å². The van der Waals surface area contributed by atoms with Crippen LogP contribution >= 0.6 is 0 Å². The van der Waals surface area contributed by atoms with Gasteiger partial charge in [-0.1, -0.05) is 6.92 Å². The Morgan fingerprint density at radius 1 is 1.14 bits per heavy atom. The van der Waals surface area contributed by atoms with E-state index in [1.54, 1.807) is 19.1 Å². The zero-order valence-corrected chi connectivity index (χ0v) is 21.7. The van der Waals surface area contributed by atoms with Crippen molar-refractivity contribution in [1.82, 2.24) is 14.8 Å². The maximum Gasteiger partial charge on any atom is 0.271 e. The van der Waals surface area contributed by atoms with Crippen molar-refractivity contribution in [2.24, 2.45) is 5.92 Å². The molecule has 1 fully saturated rings. The molecule has 1 atom stereocenters. The van der Waals surface area contributed by atoms with Gasteiger partial charge in [0.25, 0.3) is 5.91 Å². The standard InChI is InChI=1S/C27H39N3O5/c1-6-35-15-7-14-30-25(31)21-16-20-22(33-4)12-13-23(34-5)24(20)29(21)17-27(30,3)26(32)28-19-10-8-18(2)9-11-19/h12-13,16,18-19H,6-11,14-15,17H2,1-5H3,(H,28,32)/t18?,19?,27-/m0/s1. The monoisotopic (exact) mass is 485 g/mol. The number of ether oxygens (including phenoxy) is 3. The number of aromatic nitrogens is 1. The van der Waals surface area contributed by atoms with Crippen molar-refractivity contribution in [2.45, 2.75) is 71.0 Å². The molecule has 1 saturated carbocycles. The van der Waals surface area contributed by atoms with E-state index in [0.717, 1.165) is 36.6 Å². The molecular formula is C27H39N3O5. The van der Waals surface area contributed by atoms with E-state index in [9.17, 15) is 9.59 Å². The molecule has 8 heteroatoms. The number of hydrogen-bond acceptors (Lipinski definition) is 5. The molecular weight excluding hydrogens is 446 g/mol. The third-order valence-electron chi connectivity index (χ3n) is 7.66. The Bertz CT molecular complexity index is 1070. The Balaban J connectivity index is 1.73. The smallest absolute Gasteiger partial charge is 0.271 e. The topological polar surface area (TPSA) is 82.0 Å². The maximum atomic E-state index is 13.9. The number of amides is 2. The van der Waals surface area contributed by atoms with Gasteiger partial charge < -0.3 is 29.0 Å². The van der Waals surface area contributed by atoms with Crippen molar-refractivity contribution in [2.75, 3.05) is 34.0 Å². The first-order chi connectivity index (χ1) is 16.8. The van der Waals surface area contributed by atoms with Crippen molar-refractivity contribution >= 4 is 22.7 Å². The van der Waals surface area contributed by atoms with E-state index < -0.39 is 5.54 Å². The predicted molar refractivity (Wildman–Crippen MR) is 135 cm³/mol. The van der Waals surface area contributed by atoms with Crippen LogP contribution in [0, 0.1) is 5.92 Å². The summed E-state index contributed by atoms with van der Waals surface area (Å²) < 4.78 is 18.7. The minimum atomic E-state index is -1.04. The van der Waals surface area contributed by atoms with E-state index in [1.807, 2.05) is 36.6 Å². The average molecular weight is 486 g/mol. The van der Waals surface area contributed by atoms with Crippen LogP contribution in [0.15, 0.2) is 18.2 Å². The lowest BCUT2D eigenvalue weighted by Crippen LogP contribution is -2.65. The van der Waals surface area contributed by atoms with Crippen LogP contribution in [0.25, 0.3) is 10.9 Å². The maximum absolute atomic E-state index is 13.9.